The molecule has 0 radical (unpaired) electrons. The zero-order valence-corrected chi connectivity index (χ0v) is 10.5. The molecule has 88 valence electrons. The Labute approximate surface area is 106 Å². The molecule has 5 heteroatoms. The van der Waals surface area contributed by atoms with Crippen molar-refractivity contribution in [2.45, 2.75) is 4.90 Å². The Bertz CT molecular complexity index is 565. The molecular formula is C12H10ClNO2S. The van der Waals surface area contributed by atoms with E-state index >= 15 is 0 Å². The van der Waals surface area contributed by atoms with Crippen LogP contribution >= 0.6 is 11.6 Å². The van der Waals surface area contributed by atoms with Crippen molar-refractivity contribution < 1.29 is 8.42 Å². The largest absolute Gasteiger partial charge is 0.246 e. The summed E-state index contributed by atoms with van der Waals surface area (Å²) in [5.41, 5.74) is 0. The first kappa shape index (κ1) is 13.6. The SMILES string of the molecule is C#CCN(CC#C)S(=O)(=O)c1ccccc1Cl. The third kappa shape index (κ3) is 3.01. The highest BCUT2D eigenvalue weighted by atomic mass is 35.5. The minimum atomic E-state index is -3.74. The predicted octanol–water partition coefficient (Wildman–Crippen LogP) is 1.60. The third-order valence-corrected chi connectivity index (χ3v) is 4.28. The molecule has 0 spiro atoms. The average Bonchev–Trinajstić information content (AvgIpc) is 2.29. The maximum Gasteiger partial charge on any atom is 0.246 e. The first-order chi connectivity index (χ1) is 8.04. The van der Waals surface area contributed by atoms with Gasteiger partial charge in [-0.3, -0.25) is 0 Å². The maximum atomic E-state index is 12.2. The zero-order valence-electron chi connectivity index (χ0n) is 8.93. The Kier molecular flexibility index (Phi) is 4.60. The first-order valence-corrected chi connectivity index (χ1v) is 6.47. The fourth-order valence-corrected chi connectivity index (χ4v) is 2.98. The monoisotopic (exact) mass is 267 g/mol. The summed E-state index contributed by atoms with van der Waals surface area (Å²) in [6.45, 7) is -0.171. The smallest absolute Gasteiger partial charge is 0.207 e. The van der Waals surface area contributed by atoms with Crippen LogP contribution in [0.1, 0.15) is 0 Å². The molecule has 0 amide bonds. The number of terminal acetylenes is 2. The van der Waals surface area contributed by atoms with Gasteiger partial charge in [-0.1, -0.05) is 35.6 Å². The van der Waals surface area contributed by atoms with Crippen LogP contribution in [0, 0.1) is 24.7 Å². The lowest BCUT2D eigenvalue weighted by atomic mass is 10.4. The van der Waals surface area contributed by atoms with E-state index in [2.05, 4.69) is 11.8 Å². The van der Waals surface area contributed by atoms with Crippen molar-refractivity contribution in [1.82, 2.24) is 4.31 Å². The van der Waals surface area contributed by atoms with Crippen molar-refractivity contribution in [3.63, 3.8) is 0 Å². The normalized spacial score (nSPS) is 10.8. The van der Waals surface area contributed by atoms with Crippen molar-refractivity contribution in [1.29, 1.82) is 0 Å². The molecule has 0 heterocycles. The number of rotatable bonds is 4. The summed E-state index contributed by atoms with van der Waals surface area (Å²) in [4.78, 5) is 0.00664. The van der Waals surface area contributed by atoms with Gasteiger partial charge in [-0.05, 0) is 12.1 Å². The van der Waals surface area contributed by atoms with Crippen LogP contribution in [0.4, 0.5) is 0 Å². The highest BCUT2D eigenvalue weighted by Gasteiger charge is 2.24. The van der Waals surface area contributed by atoms with E-state index in [0.717, 1.165) is 4.31 Å². The summed E-state index contributed by atoms with van der Waals surface area (Å²) in [7, 11) is -3.74. The molecule has 0 aliphatic heterocycles. The van der Waals surface area contributed by atoms with Crippen LogP contribution in [-0.2, 0) is 10.0 Å². The quantitative estimate of drug-likeness (QED) is 0.777. The van der Waals surface area contributed by atoms with Gasteiger partial charge in [0.1, 0.15) is 4.90 Å². The van der Waals surface area contributed by atoms with E-state index < -0.39 is 10.0 Å². The Hall–Kier alpha value is -1.46. The van der Waals surface area contributed by atoms with Gasteiger partial charge in [0.25, 0.3) is 0 Å². The lowest BCUT2D eigenvalue weighted by Gasteiger charge is -2.17. The van der Waals surface area contributed by atoms with Crippen molar-refractivity contribution >= 4 is 21.6 Å². The van der Waals surface area contributed by atoms with Crippen molar-refractivity contribution in [2.24, 2.45) is 0 Å². The molecule has 0 aliphatic rings. The standard InChI is InChI=1S/C12H10ClNO2S/c1-3-9-14(10-4-2)17(15,16)12-8-6-5-7-11(12)13/h1-2,5-8H,9-10H2. The molecule has 0 aromatic heterocycles. The van der Waals surface area contributed by atoms with E-state index in [1.165, 1.54) is 12.1 Å². The van der Waals surface area contributed by atoms with Crippen LogP contribution in [0.5, 0.6) is 0 Å². The summed E-state index contributed by atoms with van der Waals surface area (Å²) >= 11 is 5.84. The molecule has 1 aromatic rings. The molecule has 0 fully saturated rings. The summed E-state index contributed by atoms with van der Waals surface area (Å²) in [6.07, 6.45) is 10.2. The van der Waals surface area contributed by atoms with Crippen LogP contribution in [0.15, 0.2) is 29.2 Å². The van der Waals surface area contributed by atoms with E-state index in [0.29, 0.717) is 0 Å². The molecule has 3 nitrogen and oxygen atoms in total. The van der Waals surface area contributed by atoms with Gasteiger partial charge >= 0.3 is 0 Å². The highest BCUT2D eigenvalue weighted by Crippen LogP contribution is 2.23. The number of hydrogen-bond donors (Lipinski definition) is 0. The minimum absolute atomic E-state index is 0.00664. The fraction of sp³-hybridized carbons (Fsp3) is 0.167. The number of halogens is 1. The first-order valence-electron chi connectivity index (χ1n) is 4.65. The zero-order chi connectivity index (χ0) is 12.9. The van der Waals surface area contributed by atoms with Gasteiger partial charge < -0.3 is 0 Å². The van der Waals surface area contributed by atoms with Gasteiger partial charge in [0.15, 0.2) is 0 Å². The van der Waals surface area contributed by atoms with Crippen molar-refractivity contribution in [3.8, 4) is 24.7 Å². The van der Waals surface area contributed by atoms with E-state index in [1.54, 1.807) is 12.1 Å². The molecule has 0 N–H and O–H groups in total. The van der Waals surface area contributed by atoms with E-state index in [1.807, 2.05) is 0 Å². The van der Waals surface area contributed by atoms with Crippen molar-refractivity contribution in [3.05, 3.63) is 29.3 Å². The highest BCUT2D eigenvalue weighted by molar-refractivity contribution is 7.89. The summed E-state index contributed by atoms with van der Waals surface area (Å²) < 4.78 is 25.4. The van der Waals surface area contributed by atoms with Gasteiger partial charge in [0.05, 0.1) is 18.1 Å². The number of nitrogens with zero attached hydrogens (tertiary/aromatic N) is 1. The summed E-state index contributed by atoms with van der Waals surface area (Å²) in [6, 6.07) is 6.15. The summed E-state index contributed by atoms with van der Waals surface area (Å²) in [5.74, 6) is 4.51. The van der Waals surface area contributed by atoms with Crippen molar-refractivity contribution in [2.75, 3.05) is 13.1 Å². The number of sulfonamides is 1. The third-order valence-electron chi connectivity index (χ3n) is 1.99. The molecule has 0 bridgehead atoms. The molecule has 1 rings (SSSR count). The molecule has 0 saturated heterocycles. The van der Waals surface area contributed by atoms with Crippen LogP contribution in [0.25, 0.3) is 0 Å². The number of hydrogen-bond acceptors (Lipinski definition) is 2. The second kappa shape index (κ2) is 5.75. The van der Waals surface area contributed by atoms with Gasteiger partial charge in [-0.15, -0.1) is 12.8 Å². The van der Waals surface area contributed by atoms with Gasteiger partial charge in [-0.2, -0.15) is 4.31 Å². The lowest BCUT2D eigenvalue weighted by Crippen LogP contribution is -2.32. The molecule has 0 atom stereocenters. The van der Waals surface area contributed by atoms with Crippen LogP contribution in [0.3, 0.4) is 0 Å². The van der Waals surface area contributed by atoms with Crippen LogP contribution in [0.2, 0.25) is 5.02 Å². The minimum Gasteiger partial charge on any atom is -0.207 e. The maximum absolute atomic E-state index is 12.2. The van der Waals surface area contributed by atoms with Gasteiger partial charge in [0, 0.05) is 0 Å². The predicted molar refractivity (Wildman–Crippen MR) is 67.9 cm³/mol. The fourth-order valence-electron chi connectivity index (χ4n) is 1.22. The molecule has 17 heavy (non-hydrogen) atoms. The van der Waals surface area contributed by atoms with Crippen LogP contribution < -0.4 is 0 Å². The summed E-state index contributed by atoms with van der Waals surface area (Å²) in [5, 5.41) is 0.145. The Morgan fingerprint density at radius 3 is 2.18 bits per heavy atom. The van der Waals surface area contributed by atoms with E-state index in [9.17, 15) is 8.42 Å². The second-order valence-electron chi connectivity index (χ2n) is 3.11. The molecule has 1 aromatic carbocycles. The molecule has 0 saturated carbocycles. The van der Waals surface area contributed by atoms with Crippen LogP contribution in [-0.4, -0.2) is 25.8 Å². The lowest BCUT2D eigenvalue weighted by molar-refractivity contribution is 0.482. The van der Waals surface area contributed by atoms with E-state index in [4.69, 9.17) is 24.4 Å². The topological polar surface area (TPSA) is 37.4 Å². The molecule has 0 unspecified atom stereocenters. The molecular weight excluding hydrogens is 258 g/mol. The second-order valence-corrected chi connectivity index (χ2v) is 5.43. The van der Waals surface area contributed by atoms with E-state index in [-0.39, 0.29) is 23.0 Å². The Morgan fingerprint density at radius 1 is 1.18 bits per heavy atom. The van der Waals surface area contributed by atoms with Gasteiger partial charge in [0.2, 0.25) is 10.0 Å². The molecule has 0 aliphatic carbocycles. The van der Waals surface area contributed by atoms with Gasteiger partial charge in [-0.25, -0.2) is 8.42 Å². The number of benzene rings is 1. The Balaban J connectivity index is 3.23. The average molecular weight is 268 g/mol. The Morgan fingerprint density at radius 2 is 1.71 bits per heavy atom.